The molecule has 1 heterocycles. The van der Waals surface area contributed by atoms with Crippen LogP contribution in [0, 0.1) is 6.92 Å². The van der Waals surface area contributed by atoms with Crippen LogP contribution in [0.15, 0.2) is 58.2 Å². The minimum absolute atomic E-state index is 0.0874. The van der Waals surface area contributed by atoms with Gasteiger partial charge in [0.2, 0.25) is 11.8 Å². The van der Waals surface area contributed by atoms with E-state index in [0.717, 1.165) is 22.4 Å². The lowest BCUT2D eigenvalue weighted by molar-refractivity contribution is -0.115. The second kappa shape index (κ2) is 8.39. The summed E-state index contributed by atoms with van der Waals surface area (Å²) in [6, 6.07) is 15.6. The van der Waals surface area contributed by atoms with E-state index in [0.29, 0.717) is 17.0 Å². The molecule has 0 aliphatic heterocycles. The molecule has 27 heavy (non-hydrogen) atoms. The number of hydrogen-bond acceptors (Lipinski definition) is 5. The Kier molecular flexibility index (Phi) is 5.96. The number of nitrogens with one attached hydrogen (secondary N) is 1. The van der Waals surface area contributed by atoms with Crippen LogP contribution >= 0.6 is 11.8 Å². The van der Waals surface area contributed by atoms with E-state index >= 15 is 0 Å². The summed E-state index contributed by atoms with van der Waals surface area (Å²) in [5.74, 6) is 0.690. The predicted octanol–water partition coefficient (Wildman–Crippen LogP) is 5.29. The molecule has 140 valence electrons. The molecule has 0 radical (unpaired) electrons. The van der Waals surface area contributed by atoms with Gasteiger partial charge in [-0.25, -0.2) is 0 Å². The van der Waals surface area contributed by atoms with Crippen molar-refractivity contribution in [1.29, 1.82) is 0 Å². The third-order valence-electron chi connectivity index (χ3n) is 4.25. The van der Waals surface area contributed by atoms with E-state index in [1.165, 1.54) is 11.8 Å². The molecule has 1 atom stereocenters. The van der Waals surface area contributed by atoms with Crippen molar-refractivity contribution in [2.45, 2.75) is 44.1 Å². The first kappa shape index (κ1) is 19.2. The molecule has 1 aromatic heterocycles. The van der Waals surface area contributed by atoms with Gasteiger partial charge in [0.15, 0.2) is 0 Å². The third kappa shape index (κ3) is 4.57. The topological polar surface area (TPSA) is 68.0 Å². The van der Waals surface area contributed by atoms with Gasteiger partial charge in [-0.2, -0.15) is 0 Å². The van der Waals surface area contributed by atoms with Crippen LogP contribution in [0.25, 0.3) is 11.5 Å². The summed E-state index contributed by atoms with van der Waals surface area (Å²) in [5.41, 5.74) is 3.93. The summed E-state index contributed by atoms with van der Waals surface area (Å²) in [4.78, 5) is 12.7. The predicted molar refractivity (Wildman–Crippen MR) is 109 cm³/mol. The zero-order chi connectivity index (χ0) is 19.4. The van der Waals surface area contributed by atoms with E-state index in [1.807, 2.05) is 56.3 Å². The Morgan fingerprint density at radius 3 is 2.48 bits per heavy atom. The molecule has 0 fully saturated rings. The molecule has 0 aliphatic carbocycles. The summed E-state index contributed by atoms with van der Waals surface area (Å²) in [6.07, 6.45) is 0. The number of nitrogens with zero attached hydrogens (tertiary/aromatic N) is 2. The molecule has 0 saturated carbocycles. The minimum atomic E-state index is -0.367. The van der Waals surface area contributed by atoms with Gasteiger partial charge in [0.25, 0.3) is 5.22 Å². The van der Waals surface area contributed by atoms with E-state index < -0.39 is 0 Å². The molecule has 0 spiro atoms. The van der Waals surface area contributed by atoms with Crippen molar-refractivity contribution in [3.8, 4) is 11.5 Å². The first-order valence-electron chi connectivity index (χ1n) is 8.91. The fraction of sp³-hybridized carbons (Fsp3) is 0.286. The molecular weight excluding hydrogens is 358 g/mol. The van der Waals surface area contributed by atoms with E-state index in [-0.39, 0.29) is 11.2 Å². The zero-order valence-corrected chi connectivity index (χ0v) is 16.7. The highest BCUT2D eigenvalue weighted by atomic mass is 32.2. The fourth-order valence-corrected chi connectivity index (χ4v) is 3.41. The molecule has 1 N–H and O–H groups in total. The maximum absolute atomic E-state index is 12.7. The van der Waals surface area contributed by atoms with Gasteiger partial charge in [-0.3, -0.25) is 4.79 Å². The standard InChI is InChI=1S/C21H23N3O2S/c1-13(2)17-12-8-9-14(3)18(17)22-19(25)15(4)27-21-24-23-20(26-21)16-10-6-5-7-11-16/h5-13,15H,1-4H3,(H,22,25). The number of carbonyl (C=O) groups excluding carboxylic acids is 1. The molecule has 3 aromatic rings. The minimum Gasteiger partial charge on any atom is -0.411 e. The van der Waals surface area contributed by atoms with Crippen LogP contribution < -0.4 is 5.32 Å². The van der Waals surface area contributed by atoms with Gasteiger partial charge in [-0.05, 0) is 43.0 Å². The summed E-state index contributed by atoms with van der Waals surface area (Å²) in [5, 5.41) is 11.2. The Morgan fingerprint density at radius 2 is 1.78 bits per heavy atom. The smallest absolute Gasteiger partial charge is 0.277 e. The number of para-hydroxylation sites is 1. The molecule has 0 aliphatic rings. The fourth-order valence-electron chi connectivity index (χ4n) is 2.73. The lowest BCUT2D eigenvalue weighted by atomic mass is 9.98. The number of aryl methyl sites for hydroxylation is 1. The lowest BCUT2D eigenvalue weighted by Gasteiger charge is -2.18. The van der Waals surface area contributed by atoms with Gasteiger partial charge in [-0.15, -0.1) is 10.2 Å². The van der Waals surface area contributed by atoms with Crippen molar-refractivity contribution in [3.63, 3.8) is 0 Å². The zero-order valence-electron chi connectivity index (χ0n) is 15.9. The quantitative estimate of drug-likeness (QED) is 0.588. The summed E-state index contributed by atoms with van der Waals surface area (Å²) < 4.78 is 5.69. The first-order chi connectivity index (χ1) is 13.0. The third-order valence-corrected chi connectivity index (χ3v) is 5.18. The van der Waals surface area contributed by atoms with E-state index in [9.17, 15) is 4.79 Å². The van der Waals surface area contributed by atoms with Gasteiger partial charge >= 0.3 is 0 Å². The maximum Gasteiger partial charge on any atom is 0.277 e. The van der Waals surface area contributed by atoms with Crippen molar-refractivity contribution >= 4 is 23.4 Å². The number of rotatable bonds is 6. The van der Waals surface area contributed by atoms with Crippen LogP contribution in [0.5, 0.6) is 0 Å². The van der Waals surface area contributed by atoms with Crippen molar-refractivity contribution in [1.82, 2.24) is 10.2 Å². The van der Waals surface area contributed by atoms with Gasteiger partial charge in [0.1, 0.15) is 0 Å². The van der Waals surface area contributed by atoms with Crippen LogP contribution in [-0.2, 0) is 4.79 Å². The Labute approximate surface area is 163 Å². The number of benzene rings is 2. The molecule has 3 rings (SSSR count). The summed E-state index contributed by atoms with van der Waals surface area (Å²) in [6.45, 7) is 8.07. The molecule has 0 saturated heterocycles. The van der Waals surface area contributed by atoms with E-state index in [1.54, 1.807) is 0 Å². The number of thioether (sulfide) groups is 1. The summed E-state index contributed by atoms with van der Waals surface area (Å²) in [7, 11) is 0. The lowest BCUT2D eigenvalue weighted by Crippen LogP contribution is -2.23. The van der Waals surface area contributed by atoms with E-state index in [4.69, 9.17) is 4.42 Å². The average molecular weight is 382 g/mol. The van der Waals surface area contributed by atoms with Crippen molar-refractivity contribution in [3.05, 3.63) is 59.7 Å². The average Bonchev–Trinajstić information content (AvgIpc) is 3.12. The first-order valence-corrected chi connectivity index (χ1v) is 9.79. The van der Waals surface area contributed by atoms with Gasteiger partial charge in [0, 0.05) is 11.3 Å². The van der Waals surface area contributed by atoms with E-state index in [2.05, 4.69) is 35.4 Å². The molecule has 1 unspecified atom stereocenters. The van der Waals surface area contributed by atoms with Gasteiger partial charge in [-0.1, -0.05) is 62.0 Å². The molecule has 0 bridgehead atoms. The van der Waals surface area contributed by atoms with Crippen molar-refractivity contribution in [2.75, 3.05) is 5.32 Å². The Bertz CT molecular complexity index is 922. The van der Waals surface area contributed by atoms with Crippen molar-refractivity contribution in [2.24, 2.45) is 0 Å². The number of aromatic nitrogens is 2. The SMILES string of the molecule is Cc1cccc(C(C)C)c1NC(=O)C(C)Sc1nnc(-c2ccccc2)o1. The maximum atomic E-state index is 12.7. The number of anilines is 1. The second-order valence-electron chi connectivity index (χ2n) is 6.68. The van der Waals surface area contributed by atoms with Crippen LogP contribution in [-0.4, -0.2) is 21.4 Å². The summed E-state index contributed by atoms with van der Waals surface area (Å²) >= 11 is 1.25. The number of carbonyl (C=O) groups is 1. The highest BCUT2D eigenvalue weighted by Gasteiger charge is 2.21. The second-order valence-corrected chi connectivity index (χ2v) is 7.97. The monoisotopic (exact) mass is 381 g/mol. The number of amides is 1. The molecular formula is C21H23N3O2S. The normalized spacial score (nSPS) is 12.2. The van der Waals surface area contributed by atoms with Crippen LogP contribution in [0.4, 0.5) is 5.69 Å². The van der Waals surface area contributed by atoms with Crippen LogP contribution in [0.3, 0.4) is 0 Å². The largest absolute Gasteiger partial charge is 0.411 e. The Morgan fingerprint density at radius 1 is 1.04 bits per heavy atom. The highest BCUT2D eigenvalue weighted by molar-refractivity contribution is 8.00. The van der Waals surface area contributed by atoms with Gasteiger partial charge in [0.05, 0.1) is 5.25 Å². The number of hydrogen-bond donors (Lipinski definition) is 1. The molecule has 5 nitrogen and oxygen atoms in total. The molecule has 1 amide bonds. The van der Waals surface area contributed by atoms with Crippen molar-refractivity contribution < 1.29 is 9.21 Å². The van der Waals surface area contributed by atoms with Gasteiger partial charge < -0.3 is 9.73 Å². The van der Waals surface area contributed by atoms with Crippen LogP contribution in [0.2, 0.25) is 0 Å². The Hall–Kier alpha value is -2.60. The highest BCUT2D eigenvalue weighted by Crippen LogP contribution is 2.30. The molecule has 6 heteroatoms. The Balaban J connectivity index is 1.70. The van der Waals surface area contributed by atoms with Crippen LogP contribution in [0.1, 0.15) is 37.8 Å². The molecule has 2 aromatic carbocycles.